The number of nitrogens with one attached hydrogen (secondary N) is 1. The summed E-state index contributed by atoms with van der Waals surface area (Å²) in [4.78, 5) is 4.21. The fraction of sp³-hybridized carbons (Fsp3) is 0.500. The summed E-state index contributed by atoms with van der Waals surface area (Å²) >= 11 is 1.59. The molecule has 0 amide bonds. The SMILES string of the molecule is CC(C)n1ncnc1CNCC(O)c1ccsc1. The Labute approximate surface area is 110 Å². The Kier molecular flexibility index (Phi) is 4.46. The lowest BCUT2D eigenvalue weighted by atomic mass is 10.2. The highest BCUT2D eigenvalue weighted by molar-refractivity contribution is 7.07. The van der Waals surface area contributed by atoms with Crippen LogP contribution in [0.5, 0.6) is 0 Å². The van der Waals surface area contributed by atoms with E-state index in [1.165, 1.54) is 0 Å². The average Bonchev–Trinajstić information content (AvgIpc) is 2.99. The van der Waals surface area contributed by atoms with Crippen LogP contribution in [0, 0.1) is 0 Å². The van der Waals surface area contributed by atoms with E-state index in [0.29, 0.717) is 19.1 Å². The molecular formula is C12H18N4OS. The first-order valence-corrected chi connectivity index (χ1v) is 6.92. The minimum Gasteiger partial charge on any atom is -0.387 e. The van der Waals surface area contributed by atoms with Crippen LogP contribution in [0.4, 0.5) is 0 Å². The largest absolute Gasteiger partial charge is 0.387 e. The first-order chi connectivity index (χ1) is 8.68. The van der Waals surface area contributed by atoms with Gasteiger partial charge in [-0.1, -0.05) is 0 Å². The molecule has 1 unspecified atom stereocenters. The van der Waals surface area contributed by atoms with Crippen molar-refractivity contribution in [1.82, 2.24) is 20.1 Å². The molecule has 98 valence electrons. The van der Waals surface area contributed by atoms with Crippen molar-refractivity contribution < 1.29 is 5.11 Å². The number of hydrogen-bond acceptors (Lipinski definition) is 5. The molecule has 0 radical (unpaired) electrons. The maximum Gasteiger partial charge on any atom is 0.141 e. The molecule has 18 heavy (non-hydrogen) atoms. The standard InChI is InChI=1S/C12H18N4OS/c1-9(2)16-12(14-8-15-16)6-13-5-11(17)10-3-4-18-7-10/h3-4,7-9,11,13,17H,5-6H2,1-2H3. The quantitative estimate of drug-likeness (QED) is 0.836. The molecule has 0 fully saturated rings. The maximum absolute atomic E-state index is 9.92. The Balaban J connectivity index is 1.83. The van der Waals surface area contributed by atoms with Gasteiger partial charge in [0.25, 0.3) is 0 Å². The summed E-state index contributed by atoms with van der Waals surface area (Å²) in [6.45, 7) is 5.26. The minimum absolute atomic E-state index is 0.297. The van der Waals surface area contributed by atoms with Crippen molar-refractivity contribution in [3.63, 3.8) is 0 Å². The van der Waals surface area contributed by atoms with E-state index in [9.17, 15) is 5.11 Å². The van der Waals surface area contributed by atoms with Gasteiger partial charge in [0.15, 0.2) is 0 Å². The van der Waals surface area contributed by atoms with E-state index in [4.69, 9.17) is 0 Å². The van der Waals surface area contributed by atoms with E-state index in [0.717, 1.165) is 11.4 Å². The van der Waals surface area contributed by atoms with Gasteiger partial charge in [0.1, 0.15) is 12.2 Å². The smallest absolute Gasteiger partial charge is 0.141 e. The molecule has 0 aliphatic carbocycles. The van der Waals surface area contributed by atoms with Gasteiger partial charge in [-0.05, 0) is 36.2 Å². The fourth-order valence-electron chi connectivity index (χ4n) is 1.74. The highest BCUT2D eigenvalue weighted by atomic mass is 32.1. The summed E-state index contributed by atoms with van der Waals surface area (Å²) in [6.07, 6.45) is 1.10. The highest BCUT2D eigenvalue weighted by Gasteiger charge is 2.10. The zero-order chi connectivity index (χ0) is 13.0. The van der Waals surface area contributed by atoms with Crippen molar-refractivity contribution in [3.8, 4) is 0 Å². The van der Waals surface area contributed by atoms with Crippen LogP contribution in [0.2, 0.25) is 0 Å². The van der Waals surface area contributed by atoms with Crippen LogP contribution < -0.4 is 5.32 Å². The Morgan fingerprint density at radius 2 is 2.33 bits per heavy atom. The van der Waals surface area contributed by atoms with Crippen LogP contribution in [0.1, 0.15) is 37.4 Å². The normalized spacial score (nSPS) is 13.1. The molecule has 0 saturated heterocycles. The van der Waals surface area contributed by atoms with E-state index in [2.05, 4.69) is 29.2 Å². The Hall–Kier alpha value is -1.24. The molecule has 2 rings (SSSR count). The lowest BCUT2D eigenvalue weighted by molar-refractivity contribution is 0.174. The van der Waals surface area contributed by atoms with Crippen molar-refractivity contribution in [2.24, 2.45) is 0 Å². The van der Waals surface area contributed by atoms with Crippen LogP contribution in [-0.2, 0) is 6.54 Å². The fourth-order valence-corrected chi connectivity index (χ4v) is 2.44. The van der Waals surface area contributed by atoms with E-state index >= 15 is 0 Å². The summed E-state index contributed by atoms with van der Waals surface area (Å²) < 4.78 is 1.88. The lowest BCUT2D eigenvalue weighted by Gasteiger charge is -2.12. The van der Waals surface area contributed by atoms with Gasteiger partial charge < -0.3 is 10.4 Å². The number of nitrogens with zero attached hydrogens (tertiary/aromatic N) is 3. The predicted octanol–water partition coefficient (Wildman–Crippen LogP) is 1.74. The molecule has 0 aromatic carbocycles. The molecule has 2 aromatic heterocycles. The molecule has 2 N–H and O–H groups in total. The first-order valence-electron chi connectivity index (χ1n) is 5.97. The van der Waals surface area contributed by atoms with Crippen molar-refractivity contribution in [3.05, 3.63) is 34.5 Å². The predicted molar refractivity (Wildman–Crippen MR) is 71.4 cm³/mol. The molecule has 0 saturated carbocycles. The van der Waals surface area contributed by atoms with Gasteiger partial charge >= 0.3 is 0 Å². The number of rotatable bonds is 6. The van der Waals surface area contributed by atoms with Gasteiger partial charge in [0.05, 0.1) is 12.6 Å². The molecule has 0 spiro atoms. The van der Waals surface area contributed by atoms with Crippen LogP contribution >= 0.6 is 11.3 Å². The van der Waals surface area contributed by atoms with Crippen LogP contribution in [0.3, 0.4) is 0 Å². The molecule has 5 nitrogen and oxygen atoms in total. The van der Waals surface area contributed by atoms with Crippen LogP contribution in [-0.4, -0.2) is 26.4 Å². The zero-order valence-electron chi connectivity index (χ0n) is 10.6. The van der Waals surface area contributed by atoms with Gasteiger partial charge in [-0.25, -0.2) is 9.67 Å². The van der Waals surface area contributed by atoms with Crippen molar-refractivity contribution in [2.45, 2.75) is 32.5 Å². The topological polar surface area (TPSA) is 63.0 Å². The lowest BCUT2D eigenvalue weighted by Crippen LogP contribution is -2.23. The summed E-state index contributed by atoms with van der Waals surface area (Å²) in [5, 5.41) is 21.2. The number of aliphatic hydroxyl groups is 1. The molecule has 2 heterocycles. The third-order valence-electron chi connectivity index (χ3n) is 2.69. The third kappa shape index (κ3) is 3.16. The summed E-state index contributed by atoms with van der Waals surface area (Å²) in [5.41, 5.74) is 0.956. The number of hydrogen-bond donors (Lipinski definition) is 2. The molecule has 6 heteroatoms. The van der Waals surface area contributed by atoms with Gasteiger partial charge in [-0.3, -0.25) is 0 Å². The number of aliphatic hydroxyl groups excluding tert-OH is 1. The molecule has 0 bridgehead atoms. The average molecular weight is 266 g/mol. The Morgan fingerprint density at radius 3 is 3.00 bits per heavy atom. The van der Waals surface area contributed by atoms with Crippen molar-refractivity contribution in [1.29, 1.82) is 0 Å². The van der Waals surface area contributed by atoms with Crippen molar-refractivity contribution in [2.75, 3.05) is 6.54 Å². The van der Waals surface area contributed by atoms with Crippen LogP contribution in [0.15, 0.2) is 23.2 Å². The molecular weight excluding hydrogens is 248 g/mol. The number of aromatic nitrogens is 3. The zero-order valence-corrected chi connectivity index (χ0v) is 11.4. The highest BCUT2D eigenvalue weighted by Crippen LogP contribution is 2.15. The van der Waals surface area contributed by atoms with Crippen LogP contribution in [0.25, 0.3) is 0 Å². The van der Waals surface area contributed by atoms with Gasteiger partial charge in [0.2, 0.25) is 0 Å². The van der Waals surface area contributed by atoms with E-state index in [1.807, 2.05) is 21.5 Å². The number of thiophene rings is 1. The van der Waals surface area contributed by atoms with E-state index < -0.39 is 6.10 Å². The molecule has 0 aliphatic rings. The summed E-state index contributed by atoms with van der Waals surface area (Å²) in [6, 6.07) is 2.24. The van der Waals surface area contributed by atoms with E-state index in [-0.39, 0.29) is 0 Å². The van der Waals surface area contributed by atoms with Gasteiger partial charge in [-0.15, -0.1) is 0 Å². The van der Waals surface area contributed by atoms with Gasteiger partial charge in [-0.2, -0.15) is 16.4 Å². The van der Waals surface area contributed by atoms with E-state index in [1.54, 1.807) is 17.7 Å². The third-order valence-corrected chi connectivity index (χ3v) is 3.39. The molecule has 2 aromatic rings. The summed E-state index contributed by atoms with van der Waals surface area (Å²) in [7, 11) is 0. The minimum atomic E-state index is -0.466. The van der Waals surface area contributed by atoms with Gasteiger partial charge in [0, 0.05) is 12.6 Å². The monoisotopic (exact) mass is 266 g/mol. The second-order valence-electron chi connectivity index (χ2n) is 4.42. The summed E-state index contributed by atoms with van der Waals surface area (Å²) in [5.74, 6) is 0.891. The second kappa shape index (κ2) is 6.08. The Morgan fingerprint density at radius 1 is 1.50 bits per heavy atom. The first kappa shape index (κ1) is 13.2. The maximum atomic E-state index is 9.92. The molecule has 0 aliphatic heterocycles. The molecule has 1 atom stereocenters. The van der Waals surface area contributed by atoms with Crippen molar-refractivity contribution >= 4 is 11.3 Å². The second-order valence-corrected chi connectivity index (χ2v) is 5.20. The Bertz CT molecular complexity index is 466.